The summed E-state index contributed by atoms with van der Waals surface area (Å²) in [6, 6.07) is 9.45. The monoisotopic (exact) mass is 524 g/mol. The number of piperazine rings is 1. The third-order valence-corrected chi connectivity index (χ3v) is 6.77. The van der Waals surface area contributed by atoms with Gasteiger partial charge >= 0.3 is 5.97 Å². The number of ether oxygens (including phenoxy) is 1. The molecule has 2 aliphatic rings. The van der Waals surface area contributed by atoms with Crippen LogP contribution in [0.2, 0.25) is 0 Å². The van der Waals surface area contributed by atoms with Crippen molar-refractivity contribution >= 4 is 29.7 Å². The number of rotatable bonds is 5. The minimum atomic E-state index is -0.650. The van der Waals surface area contributed by atoms with Crippen molar-refractivity contribution in [1.29, 1.82) is 0 Å². The quantitative estimate of drug-likeness (QED) is 0.380. The molecule has 1 aromatic carbocycles. The predicted octanol–water partition coefficient (Wildman–Crippen LogP) is 4.78. The van der Waals surface area contributed by atoms with Gasteiger partial charge in [0.1, 0.15) is 5.56 Å². The molecule has 0 amide bonds. The van der Waals surface area contributed by atoms with Gasteiger partial charge < -0.3 is 19.2 Å². The number of esters is 1. The number of furan rings is 1. The van der Waals surface area contributed by atoms with Gasteiger partial charge in [0, 0.05) is 60.9 Å². The summed E-state index contributed by atoms with van der Waals surface area (Å²) in [5, 5.41) is 11.1. The lowest BCUT2D eigenvalue weighted by molar-refractivity contribution is 0.0375. The summed E-state index contributed by atoms with van der Waals surface area (Å²) >= 11 is 0. The molecule has 0 saturated carbocycles. The summed E-state index contributed by atoms with van der Waals surface area (Å²) in [6.07, 6.45) is 4.63. The van der Waals surface area contributed by atoms with Gasteiger partial charge in [-0.05, 0) is 69.8 Å². The van der Waals surface area contributed by atoms with E-state index in [0.717, 1.165) is 55.0 Å². The van der Waals surface area contributed by atoms with Crippen LogP contribution in [0.15, 0.2) is 45.9 Å². The maximum Gasteiger partial charge on any atom is 0.346 e. The smallest absolute Gasteiger partial charge is 0.346 e. The van der Waals surface area contributed by atoms with Crippen molar-refractivity contribution in [3.63, 3.8) is 0 Å². The van der Waals surface area contributed by atoms with Crippen LogP contribution >= 0.6 is 0 Å². The molecule has 0 bridgehead atoms. The summed E-state index contributed by atoms with van der Waals surface area (Å²) in [6.45, 7) is 10.3. The van der Waals surface area contributed by atoms with Gasteiger partial charge in [0.05, 0.1) is 12.6 Å². The highest BCUT2D eigenvalue weighted by atomic mass is 16.5. The number of nitrogens with zero attached hydrogens (tertiary/aromatic N) is 4. The van der Waals surface area contributed by atoms with E-state index in [1.54, 1.807) is 32.3 Å². The SMILES string of the molecule is Cc1cc(C#CCN2CCN(C)CC2)ccc1-c1oc(C=C2C=Nc3ncccc32)c(O)c1C(=O)OC(C)C. The Morgan fingerprint density at radius 2 is 2.00 bits per heavy atom. The van der Waals surface area contributed by atoms with Crippen LogP contribution < -0.4 is 0 Å². The first kappa shape index (κ1) is 26.4. The van der Waals surface area contributed by atoms with E-state index in [0.29, 0.717) is 11.4 Å². The van der Waals surface area contributed by atoms with E-state index >= 15 is 0 Å². The molecule has 0 atom stereocenters. The molecule has 1 saturated heterocycles. The molecule has 8 heteroatoms. The van der Waals surface area contributed by atoms with E-state index in [9.17, 15) is 9.90 Å². The topological polar surface area (TPSA) is 91.4 Å². The number of aromatic nitrogens is 1. The number of likely N-dealkylation sites (N-methyl/N-ethyl adjacent to an activating group) is 1. The van der Waals surface area contributed by atoms with E-state index in [1.807, 2.05) is 37.3 Å². The van der Waals surface area contributed by atoms with Gasteiger partial charge in [-0.25, -0.2) is 14.8 Å². The van der Waals surface area contributed by atoms with E-state index in [1.165, 1.54) is 0 Å². The molecular formula is C31H32N4O4. The summed E-state index contributed by atoms with van der Waals surface area (Å²) in [7, 11) is 2.14. The normalized spacial score (nSPS) is 16.4. The van der Waals surface area contributed by atoms with Gasteiger partial charge in [-0.2, -0.15) is 0 Å². The maximum absolute atomic E-state index is 13.1. The molecule has 3 aromatic rings. The molecule has 39 heavy (non-hydrogen) atoms. The number of pyridine rings is 1. The largest absolute Gasteiger partial charge is 0.504 e. The van der Waals surface area contributed by atoms with E-state index < -0.39 is 5.97 Å². The summed E-state index contributed by atoms with van der Waals surface area (Å²) in [4.78, 5) is 26.3. The summed E-state index contributed by atoms with van der Waals surface area (Å²) < 4.78 is 11.6. The highest BCUT2D eigenvalue weighted by Crippen LogP contribution is 2.41. The highest BCUT2D eigenvalue weighted by molar-refractivity contribution is 6.21. The van der Waals surface area contributed by atoms with Crippen molar-refractivity contribution in [2.24, 2.45) is 4.99 Å². The Balaban J connectivity index is 1.47. The highest BCUT2D eigenvalue weighted by Gasteiger charge is 2.29. The van der Waals surface area contributed by atoms with Gasteiger partial charge in [0.2, 0.25) is 0 Å². The number of allylic oxidation sites excluding steroid dienone is 1. The molecule has 200 valence electrons. The number of carbonyl (C=O) groups excluding carboxylic acids is 1. The zero-order valence-electron chi connectivity index (χ0n) is 22.7. The van der Waals surface area contributed by atoms with E-state index in [4.69, 9.17) is 9.15 Å². The average molecular weight is 525 g/mol. The van der Waals surface area contributed by atoms with Crippen LogP contribution in [0.4, 0.5) is 5.82 Å². The van der Waals surface area contributed by atoms with Gasteiger partial charge in [-0.1, -0.05) is 11.8 Å². The Hall–Kier alpha value is -4.19. The second-order valence-electron chi connectivity index (χ2n) is 10.1. The molecule has 5 rings (SSSR count). The second kappa shape index (κ2) is 11.3. The molecule has 1 N–H and O–H groups in total. The van der Waals surface area contributed by atoms with Crippen LogP contribution in [0.3, 0.4) is 0 Å². The van der Waals surface area contributed by atoms with Crippen LogP contribution in [-0.4, -0.2) is 77.9 Å². The Bertz CT molecular complexity index is 1520. The van der Waals surface area contributed by atoms with Crippen LogP contribution in [0.5, 0.6) is 5.75 Å². The van der Waals surface area contributed by atoms with Crippen molar-refractivity contribution in [1.82, 2.24) is 14.8 Å². The first-order valence-electron chi connectivity index (χ1n) is 13.1. The molecule has 2 aliphatic heterocycles. The molecular weight excluding hydrogens is 492 g/mol. The van der Waals surface area contributed by atoms with Gasteiger partial charge in [-0.3, -0.25) is 4.90 Å². The minimum Gasteiger partial charge on any atom is -0.504 e. The summed E-state index contributed by atoms with van der Waals surface area (Å²) in [5.74, 6) is 6.60. The fourth-order valence-electron chi connectivity index (χ4n) is 4.63. The van der Waals surface area contributed by atoms with Crippen molar-refractivity contribution < 1.29 is 19.1 Å². The second-order valence-corrected chi connectivity index (χ2v) is 10.1. The third kappa shape index (κ3) is 5.80. The maximum atomic E-state index is 13.1. The van der Waals surface area contributed by atoms with Crippen LogP contribution in [0.1, 0.15) is 46.7 Å². The Morgan fingerprint density at radius 3 is 2.74 bits per heavy atom. The number of aliphatic imine (C=N–C) groups is 1. The van der Waals surface area contributed by atoms with Crippen LogP contribution in [0, 0.1) is 18.8 Å². The van der Waals surface area contributed by atoms with E-state index in [2.05, 4.69) is 38.7 Å². The number of aromatic hydroxyl groups is 1. The van der Waals surface area contributed by atoms with Crippen LogP contribution in [-0.2, 0) is 4.74 Å². The molecule has 4 heterocycles. The zero-order chi connectivity index (χ0) is 27.5. The molecule has 1 fully saturated rings. The predicted molar refractivity (Wildman–Crippen MR) is 152 cm³/mol. The fourth-order valence-corrected chi connectivity index (χ4v) is 4.63. The number of hydrogen-bond donors (Lipinski definition) is 1. The third-order valence-electron chi connectivity index (χ3n) is 6.77. The lowest BCUT2D eigenvalue weighted by Gasteiger charge is -2.30. The number of benzene rings is 1. The van der Waals surface area contributed by atoms with Crippen LogP contribution in [0.25, 0.3) is 23.0 Å². The van der Waals surface area contributed by atoms with Gasteiger partial charge in [0.15, 0.2) is 23.1 Å². The van der Waals surface area contributed by atoms with E-state index in [-0.39, 0.29) is 28.9 Å². The standard InChI is InChI=1S/C31H32N4O4/c1-20(2)38-31(37)27-28(36)26(18-23-19-33-30-25(23)8-5-11-32-30)39-29(27)24-10-9-22(17-21(24)3)7-6-12-35-15-13-34(4)14-16-35/h5,8-11,17-20,36H,12-16H2,1-4H3. The molecule has 2 aromatic heterocycles. The minimum absolute atomic E-state index is 0.00565. The molecule has 0 aliphatic carbocycles. The fraction of sp³-hybridized carbons (Fsp3) is 0.323. The Morgan fingerprint density at radius 1 is 1.21 bits per heavy atom. The van der Waals surface area contributed by atoms with Gasteiger partial charge in [-0.15, -0.1) is 0 Å². The molecule has 0 radical (unpaired) electrons. The number of aryl methyl sites for hydroxylation is 1. The average Bonchev–Trinajstić information content (AvgIpc) is 3.46. The first-order valence-corrected chi connectivity index (χ1v) is 13.1. The number of hydrogen-bond acceptors (Lipinski definition) is 8. The van der Waals surface area contributed by atoms with Gasteiger partial charge in [0.25, 0.3) is 0 Å². The Kier molecular flexibility index (Phi) is 7.64. The van der Waals surface area contributed by atoms with Crippen molar-refractivity contribution in [2.75, 3.05) is 39.8 Å². The first-order chi connectivity index (χ1) is 18.8. The lowest BCUT2D eigenvalue weighted by Crippen LogP contribution is -2.44. The summed E-state index contributed by atoms with van der Waals surface area (Å²) in [5.41, 5.74) is 3.95. The Labute approximate surface area is 228 Å². The molecule has 0 unspecified atom stereocenters. The zero-order valence-corrected chi connectivity index (χ0v) is 22.7. The van der Waals surface area contributed by atoms with Crippen molar-refractivity contribution in [2.45, 2.75) is 26.9 Å². The molecule has 8 nitrogen and oxygen atoms in total. The number of fused-ring (bicyclic) bond motifs is 1. The van der Waals surface area contributed by atoms with Crippen molar-refractivity contribution in [3.05, 3.63) is 64.5 Å². The number of carbonyl (C=O) groups is 1. The molecule has 0 spiro atoms. The lowest BCUT2D eigenvalue weighted by atomic mass is 10.0. The van der Waals surface area contributed by atoms with Crippen molar-refractivity contribution in [3.8, 4) is 28.9 Å².